The highest BCUT2D eigenvalue weighted by Crippen LogP contribution is 2.17. The number of aryl methyl sites for hydroxylation is 1. The molecular weight excluding hydrogens is 228 g/mol. The Morgan fingerprint density at radius 1 is 1.38 bits per heavy atom. The summed E-state index contributed by atoms with van der Waals surface area (Å²) in [5, 5.41) is 3.67. The Balaban J connectivity index is 1.99. The van der Waals surface area contributed by atoms with Crippen molar-refractivity contribution >= 4 is 11.6 Å². The third kappa shape index (κ3) is 2.52. The zero-order valence-electron chi connectivity index (χ0n) is 8.81. The van der Waals surface area contributed by atoms with Crippen molar-refractivity contribution in [2.45, 2.75) is 19.4 Å². The molecule has 5 heteroatoms. The van der Waals surface area contributed by atoms with Crippen molar-refractivity contribution in [2.24, 2.45) is 0 Å². The van der Waals surface area contributed by atoms with Crippen molar-refractivity contribution in [3.8, 4) is 5.75 Å². The maximum absolute atomic E-state index is 5.56. The maximum atomic E-state index is 5.56. The Morgan fingerprint density at radius 2 is 2.19 bits per heavy atom. The van der Waals surface area contributed by atoms with Crippen LogP contribution in [0.3, 0.4) is 0 Å². The molecule has 0 aliphatic heterocycles. The Hall–Kier alpha value is -1.55. The van der Waals surface area contributed by atoms with Crippen LogP contribution in [0, 0.1) is 6.92 Å². The van der Waals surface area contributed by atoms with Gasteiger partial charge in [-0.25, -0.2) is 0 Å². The molecule has 2 rings (SSSR count). The summed E-state index contributed by atoms with van der Waals surface area (Å²) >= 11 is 5.56. The molecule has 0 aliphatic carbocycles. The lowest BCUT2D eigenvalue weighted by atomic mass is 10.2. The standard InChI is InChI=1S/C11H11ClN2O2/c1-8-4-2-3-5-9(8)15-7-11-13-10(6-12)14-16-11/h2-5H,6-7H2,1H3. The van der Waals surface area contributed by atoms with Gasteiger partial charge >= 0.3 is 0 Å². The molecule has 0 unspecified atom stereocenters. The molecule has 0 bridgehead atoms. The Kier molecular flexibility index (Phi) is 3.41. The van der Waals surface area contributed by atoms with Crippen LogP contribution in [0.2, 0.25) is 0 Å². The number of hydrogen-bond acceptors (Lipinski definition) is 4. The summed E-state index contributed by atoms with van der Waals surface area (Å²) in [6.07, 6.45) is 0. The number of ether oxygens (including phenoxy) is 1. The smallest absolute Gasteiger partial charge is 0.264 e. The van der Waals surface area contributed by atoms with Gasteiger partial charge in [0, 0.05) is 0 Å². The fraction of sp³-hybridized carbons (Fsp3) is 0.273. The van der Waals surface area contributed by atoms with Crippen molar-refractivity contribution in [3.63, 3.8) is 0 Å². The lowest BCUT2D eigenvalue weighted by Gasteiger charge is -2.05. The van der Waals surface area contributed by atoms with Crippen molar-refractivity contribution in [3.05, 3.63) is 41.5 Å². The molecule has 2 aromatic rings. The van der Waals surface area contributed by atoms with E-state index in [2.05, 4.69) is 10.1 Å². The zero-order chi connectivity index (χ0) is 11.4. The minimum Gasteiger partial charge on any atom is -0.483 e. The summed E-state index contributed by atoms with van der Waals surface area (Å²) in [6.45, 7) is 2.24. The van der Waals surface area contributed by atoms with Crippen molar-refractivity contribution in [2.75, 3.05) is 0 Å². The first-order chi connectivity index (χ1) is 7.79. The summed E-state index contributed by atoms with van der Waals surface area (Å²) < 4.78 is 10.5. The van der Waals surface area contributed by atoms with Crippen LogP contribution in [0.5, 0.6) is 5.75 Å². The normalized spacial score (nSPS) is 10.4. The van der Waals surface area contributed by atoms with Crippen molar-refractivity contribution in [1.29, 1.82) is 0 Å². The van der Waals surface area contributed by atoms with Gasteiger partial charge in [0.2, 0.25) is 0 Å². The van der Waals surface area contributed by atoms with E-state index in [9.17, 15) is 0 Å². The minimum absolute atomic E-state index is 0.244. The fourth-order valence-corrected chi connectivity index (χ4v) is 1.37. The lowest BCUT2D eigenvalue weighted by Crippen LogP contribution is -1.97. The van der Waals surface area contributed by atoms with Gasteiger partial charge in [-0.1, -0.05) is 23.4 Å². The molecule has 0 spiro atoms. The number of benzene rings is 1. The second-order valence-electron chi connectivity index (χ2n) is 3.29. The van der Waals surface area contributed by atoms with Crippen LogP contribution in [0.4, 0.5) is 0 Å². The number of nitrogens with zero attached hydrogens (tertiary/aromatic N) is 2. The topological polar surface area (TPSA) is 48.2 Å². The third-order valence-corrected chi connectivity index (χ3v) is 2.31. The summed E-state index contributed by atoms with van der Waals surface area (Å²) in [5.74, 6) is 1.96. The first kappa shape index (κ1) is 11.0. The molecule has 1 aromatic carbocycles. The molecule has 0 aliphatic rings. The predicted molar refractivity (Wildman–Crippen MR) is 59.4 cm³/mol. The molecule has 16 heavy (non-hydrogen) atoms. The van der Waals surface area contributed by atoms with Crippen LogP contribution in [0.25, 0.3) is 0 Å². The van der Waals surface area contributed by atoms with Gasteiger partial charge < -0.3 is 9.26 Å². The molecule has 0 atom stereocenters. The zero-order valence-corrected chi connectivity index (χ0v) is 9.57. The molecule has 4 nitrogen and oxygen atoms in total. The van der Waals surface area contributed by atoms with Crippen LogP contribution in [-0.2, 0) is 12.5 Å². The van der Waals surface area contributed by atoms with Gasteiger partial charge in [0.05, 0.1) is 5.88 Å². The number of hydrogen-bond donors (Lipinski definition) is 0. The van der Waals surface area contributed by atoms with Crippen molar-refractivity contribution in [1.82, 2.24) is 10.1 Å². The van der Waals surface area contributed by atoms with Gasteiger partial charge in [-0.15, -0.1) is 11.6 Å². The van der Waals surface area contributed by atoms with Crippen LogP contribution < -0.4 is 4.74 Å². The molecule has 84 valence electrons. The van der Waals surface area contributed by atoms with E-state index in [1.54, 1.807) is 0 Å². The Bertz CT molecular complexity index is 471. The van der Waals surface area contributed by atoms with E-state index in [-0.39, 0.29) is 12.5 Å². The monoisotopic (exact) mass is 238 g/mol. The highest BCUT2D eigenvalue weighted by Gasteiger charge is 2.06. The third-order valence-electron chi connectivity index (χ3n) is 2.07. The van der Waals surface area contributed by atoms with Gasteiger partial charge in [-0.2, -0.15) is 4.98 Å². The largest absolute Gasteiger partial charge is 0.483 e. The highest BCUT2D eigenvalue weighted by atomic mass is 35.5. The quantitative estimate of drug-likeness (QED) is 0.769. The van der Waals surface area contributed by atoms with Gasteiger partial charge in [0.25, 0.3) is 5.89 Å². The van der Waals surface area contributed by atoms with E-state index in [0.29, 0.717) is 11.7 Å². The summed E-state index contributed by atoms with van der Waals surface area (Å²) in [4.78, 5) is 4.04. The molecule has 0 amide bonds. The van der Waals surface area contributed by atoms with E-state index in [0.717, 1.165) is 11.3 Å². The number of aromatic nitrogens is 2. The first-order valence-electron chi connectivity index (χ1n) is 4.85. The SMILES string of the molecule is Cc1ccccc1OCc1nc(CCl)no1. The van der Waals surface area contributed by atoms with E-state index in [1.165, 1.54) is 0 Å². The summed E-state index contributed by atoms with van der Waals surface area (Å²) in [6, 6.07) is 7.75. The maximum Gasteiger partial charge on any atom is 0.264 e. The molecular formula is C11H11ClN2O2. The van der Waals surface area contributed by atoms with E-state index in [4.69, 9.17) is 20.9 Å². The molecule has 0 fully saturated rings. The first-order valence-corrected chi connectivity index (χ1v) is 5.39. The number of halogens is 1. The van der Waals surface area contributed by atoms with Crippen LogP contribution in [-0.4, -0.2) is 10.1 Å². The van der Waals surface area contributed by atoms with Gasteiger partial charge in [0.1, 0.15) is 5.75 Å². The van der Waals surface area contributed by atoms with Crippen LogP contribution in [0.1, 0.15) is 17.3 Å². The fourth-order valence-electron chi connectivity index (χ4n) is 1.26. The number of alkyl halides is 1. The molecule has 1 aromatic heterocycles. The number of rotatable bonds is 4. The Morgan fingerprint density at radius 3 is 2.88 bits per heavy atom. The van der Waals surface area contributed by atoms with E-state index < -0.39 is 0 Å². The van der Waals surface area contributed by atoms with Crippen molar-refractivity contribution < 1.29 is 9.26 Å². The molecule has 0 N–H and O–H groups in total. The Labute approximate surface area is 98.2 Å². The van der Waals surface area contributed by atoms with Gasteiger partial charge in [0.15, 0.2) is 12.4 Å². The molecule has 0 radical (unpaired) electrons. The summed E-state index contributed by atoms with van der Waals surface area (Å²) in [5.41, 5.74) is 1.07. The predicted octanol–water partition coefficient (Wildman–Crippen LogP) is 2.70. The number of para-hydroxylation sites is 1. The molecule has 0 saturated heterocycles. The van der Waals surface area contributed by atoms with Crippen LogP contribution >= 0.6 is 11.6 Å². The van der Waals surface area contributed by atoms with Gasteiger partial charge in [-0.05, 0) is 18.6 Å². The molecule has 1 heterocycles. The molecule has 0 saturated carbocycles. The highest BCUT2D eigenvalue weighted by molar-refractivity contribution is 6.16. The second-order valence-corrected chi connectivity index (χ2v) is 3.56. The van der Waals surface area contributed by atoms with Gasteiger partial charge in [-0.3, -0.25) is 0 Å². The average Bonchev–Trinajstić information content (AvgIpc) is 2.76. The average molecular weight is 239 g/mol. The second kappa shape index (κ2) is 4.99. The summed E-state index contributed by atoms with van der Waals surface area (Å²) in [7, 11) is 0. The van der Waals surface area contributed by atoms with E-state index in [1.807, 2.05) is 31.2 Å². The minimum atomic E-state index is 0.244. The lowest BCUT2D eigenvalue weighted by molar-refractivity contribution is 0.241. The van der Waals surface area contributed by atoms with Crippen LogP contribution in [0.15, 0.2) is 28.8 Å². The van der Waals surface area contributed by atoms with E-state index >= 15 is 0 Å².